The molecule has 2 N–H and O–H groups in total. The van der Waals surface area contributed by atoms with Crippen LogP contribution in [0.5, 0.6) is 0 Å². The van der Waals surface area contributed by atoms with Gasteiger partial charge >= 0.3 is 0 Å². The molecule has 34 heavy (non-hydrogen) atoms. The molecule has 4 rings (SSSR count). The molecular weight excluding hydrogens is 454 g/mol. The summed E-state index contributed by atoms with van der Waals surface area (Å²) in [5.74, 6) is -0.300. The van der Waals surface area contributed by atoms with E-state index in [4.69, 9.17) is 0 Å². The predicted octanol–water partition coefficient (Wildman–Crippen LogP) is 2.33. The van der Waals surface area contributed by atoms with Gasteiger partial charge in [-0.3, -0.25) is 18.8 Å². The van der Waals surface area contributed by atoms with Crippen molar-refractivity contribution in [2.45, 2.75) is 32.1 Å². The molecule has 176 valence electrons. The summed E-state index contributed by atoms with van der Waals surface area (Å²) in [5.41, 5.74) is 1.57. The van der Waals surface area contributed by atoms with Crippen molar-refractivity contribution in [2.75, 3.05) is 18.4 Å². The first-order valence-corrected chi connectivity index (χ1v) is 11.9. The Hall–Kier alpha value is -3.73. The molecule has 0 saturated carbocycles. The Balaban J connectivity index is 1.33. The number of rotatable bonds is 8. The maximum absolute atomic E-state index is 12.6. The van der Waals surface area contributed by atoms with Crippen LogP contribution in [0.4, 0.5) is 5.69 Å². The van der Waals surface area contributed by atoms with Crippen LogP contribution in [0.25, 0.3) is 5.65 Å². The van der Waals surface area contributed by atoms with E-state index >= 15 is 0 Å². The Morgan fingerprint density at radius 3 is 2.74 bits per heavy atom. The highest BCUT2D eigenvalue weighted by atomic mass is 32.2. The van der Waals surface area contributed by atoms with Crippen molar-refractivity contribution in [3.8, 4) is 0 Å². The molecule has 3 amide bonds. The molecule has 1 atom stereocenters. The van der Waals surface area contributed by atoms with Crippen molar-refractivity contribution >= 4 is 46.0 Å². The molecule has 0 radical (unpaired) electrons. The fourth-order valence-electron chi connectivity index (χ4n) is 3.53. The number of amides is 3. The lowest BCUT2D eigenvalue weighted by molar-refractivity contribution is -0.121. The summed E-state index contributed by atoms with van der Waals surface area (Å²) in [7, 11) is 0. The van der Waals surface area contributed by atoms with E-state index in [1.54, 1.807) is 28.7 Å². The number of carbonyl (C=O) groups excluding carboxylic acids is 3. The highest BCUT2D eigenvalue weighted by Crippen LogP contribution is 2.27. The first-order valence-electron chi connectivity index (χ1n) is 11.0. The van der Waals surface area contributed by atoms with Gasteiger partial charge in [-0.25, -0.2) is 0 Å². The van der Waals surface area contributed by atoms with Crippen molar-refractivity contribution in [1.82, 2.24) is 24.8 Å². The number of aliphatic imine (C=N–C) groups is 1. The van der Waals surface area contributed by atoms with Crippen molar-refractivity contribution in [3.05, 3.63) is 60.0 Å². The Morgan fingerprint density at radius 2 is 1.94 bits per heavy atom. The molecule has 0 fully saturated rings. The minimum Gasteiger partial charge on any atom is -0.352 e. The number of hydrogen-bond acceptors (Lipinski definition) is 7. The molecule has 2 aromatic heterocycles. The number of fused-ring (bicyclic) bond motifs is 1. The highest BCUT2D eigenvalue weighted by molar-refractivity contribution is 8.15. The van der Waals surface area contributed by atoms with Gasteiger partial charge in [0.1, 0.15) is 5.25 Å². The maximum atomic E-state index is 12.6. The molecule has 11 heteroatoms. The number of nitrogens with zero attached hydrogens (tertiary/aromatic N) is 5. The van der Waals surface area contributed by atoms with E-state index < -0.39 is 5.25 Å². The molecule has 3 heterocycles. The number of pyridine rings is 1. The van der Waals surface area contributed by atoms with Crippen molar-refractivity contribution in [2.24, 2.45) is 4.99 Å². The summed E-state index contributed by atoms with van der Waals surface area (Å²) < 4.78 is 1.80. The minimum atomic E-state index is -0.542. The standard InChI is InChI=1S/C23H25N7O3S/c1-3-29(4-2)23-26-22(33)17(34-23)13-20(31)25-16-9-7-8-15(12-16)21(32)24-14-19-28-27-18-10-5-6-11-30(18)19/h5-12,17H,3-4,13-14H2,1-2H3,(H,24,32)(H,25,31)/t17-/m1/s1. The van der Waals surface area contributed by atoms with Gasteiger partial charge in [0.15, 0.2) is 16.6 Å². The van der Waals surface area contributed by atoms with Gasteiger partial charge in [0, 0.05) is 37.0 Å². The molecule has 10 nitrogen and oxygen atoms in total. The summed E-state index contributed by atoms with van der Waals surface area (Å²) in [5, 5.41) is 13.9. The number of anilines is 1. The fourth-order valence-corrected chi connectivity index (χ4v) is 4.72. The number of thioether (sulfide) groups is 1. The van der Waals surface area contributed by atoms with Crippen LogP contribution in [0.2, 0.25) is 0 Å². The van der Waals surface area contributed by atoms with E-state index in [0.29, 0.717) is 27.9 Å². The van der Waals surface area contributed by atoms with Crippen LogP contribution in [0, 0.1) is 0 Å². The van der Waals surface area contributed by atoms with Gasteiger partial charge in [0.2, 0.25) is 5.91 Å². The zero-order chi connectivity index (χ0) is 24.1. The van der Waals surface area contributed by atoms with Crippen LogP contribution in [0.3, 0.4) is 0 Å². The van der Waals surface area contributed by atoms with Gasteiger partial charge in [-0.1, -0.05) is 23.9 Å². The van der Waals surface area contributed by atoms with Crippen LogP contribution >= 0.6 is 11.8 Å². The zero-order valence-corrected chi connectivity index (χ0v) is 19.7. The normalized spacial score (nSPS) is 15.3. The second kappa shape index (κ2) is 10.5. The Morgan fingerprint density at radius 1 is 1.12 bits per heavy atom. The Kier molecular flexibility index (Phi) is 7.21. The average Bonchev–Trinajstić information content (AvgIpc) is 3.41. The van der Waals surface area contributed by atoms with Gasteiger partial charge in [0.05, 0.1) is 6.54 Å². The quantitative estimate of drug-likeness (QED) is 0.509. The smallest absolute Gasteiger partial charge is 0.262 e. The summed E-state index contributed by atoms with van der Waals surface area (Å²) in [6.45, 7) is 5.69. The number of carbonyl (C=O) groups is 3. The summed E-state index contributed by atoms with van der Waals surface area (Å²) >= 11 is 1.32. The highest BCUT2D eigenvalue weighted by Gasteiger charge is 2.32. The van der Waals surface area contributed by atoms with E-state index in [0.717, 1.165) is 13.1 Å². The van der Waals surface area contributed by atoms with E-state index in [9.17, 15) is 14.4 Å². The lowest BCUT2D eigenvalue weighted by Crippen LogP contribution is -2.28. The molecule has 1 aromatic carbocycles. The molecule has 0 unspecified atom stereocenters. The number of hydrogen-bond donors (Lipinski definition) is 2. The average molecular weight is 480 g/mol. The second-order valence-electron chi connectivity index (χ2n) is 7.57. The molecule has 0 aliphatic carbocycles. The number of nitrogens with one attached hydrogen (secondary N) is 2. The molecule has 0 bridgehead atoms. The van der Waals surface area contributed by atoms with Gasteiger partial charge in [0.25, 0.3) is 11.8 Å². The molecule has 1 aliphatic rings. The molecule has 1 aliphatic heterocycles. The number of aromatic nitrogens is 3. The summed E-state index contributed by atoms with van der Waals surface area (Å²) in [6, 6.07) is 12.2. The molecule has 3 aromatic rings. The fraction of sp³-hybridized carbons (Fsp3) is 0.304. The topological polar surface area (TPSA) is 121 Å². The Bertz CT molecular complexity index is 1250. The van der Waals surface area contributed by atoms with Crippen molar-refractivity contribution in [3.63, 3.8) is 0 Å². The lowest BCUT2D eigenvalue weighted by atomic mass is 10.1. The third-order valence-electron chi connectivity index (χ3n) is 5.33. The van der Waals surface area contributed by atoms with Gasteiger partial charge in [-0.05, 0) is 44.2 Å². The van der Waals surface area contributed by atoms with Gasteiger partial charge < -0.3 is 15.5 Å². The first-order chi connectivity index (χ1) is 16.5. The van der Waals surface area contributed by atoms with Crippen LogP contribution in [0.15, 0.2) is 53.7 Å². The lowest BCUT2D eigenvalue weighted by Gasteiger charge is -2.19. The summed E-state index contributed by atoms with van der Waals surface area (Å²) in [6.07, 6.45) is 1.84. The van der Waals surface area contributed by atoms with Crippen molar-refractivity contribution in [1.29, 1.82) is 0 Å². The van der Waals surface area contributed by atoms with Crippen LogP contribution in [-0.4, -0.2) is 60.7 Å². The monoisotopic (exact) mass is 479 g/mol. The molecule has 0 spiro atoms. The Labute approximate surface area is 200 Å². The van der Waals surface area contributed by atoms with Crippen LogP contribution in [0.1, 0.15) is 36.5 Å². The van der Waals surface area contributed by atoms with E-state index in [1.807, 2.05) is 43.1 Å². The van der Waals surface area contributed by atoms with Gasteiger partial charge in [-0.2, -0.15) is 4.99 Å². The zero-order valence-electron chi connectivity index (χ0n) is 18.9. The number of amidine groups is 1. The molecule has 0 saturated heterocycles. The summed E-state index contributed by atoms with van der Waals surface area (Å²) in [4.78, 5) is 43.5. The third kappa shape index (κ3) is 5.25. The first kappa shape index (κ1) is 23.4. The van der Waals surface area contributed by atoms with E-state index in [2.05, 4.69) is 25.8 Å². The largest absolute Gasteiger partial charge is 0.352 e. The SMILES string of the molecule is CCN(CC)C1=NC(=O)[C@@H](CC(=O)Nc2cccc(C(=O)NCc3nnc4ccccn34)c2)S1. The number of benzene rings is 1. The van der Waals surface area contributed by atoms with E-state index in [1.165, 1.54) is 11.8 Å². The van der Waals surface area contributed by atoms with Gasteiger partial charge in [-0.15, -0.1) is 10.2 Å². The molecular formula is C23H25N7O3S. The van der Waals surface area contributed by atoms with Crippen LogP contribution < -0.4 is 10.6 Å². The van der Waals surface area contributed by atoms with Crippen molar-refractivity contribution < 1.29 is 14.4 Å². The maximum Gasteiger partial charge on any atom is 0.262 e. The minimum absolute atomic E-state index is 0.00808. The third-order valence-corrected chi connectivity index (χ3v) is 6.55. The second-order valence-corrected chi connectivity index (χ2v) is 8.74. The predicted molar refractivity (Wildman–Crippen MR) is 131 cm³/mol. The van der Waals surface area contributed by atoms with E-state index in [-0.39, 0.29) is 30.7 Å². The van der Waals surface area contributed by atoms with Crippen LogP contribution in [-0.2, 0) is 16.1 Å².